The maximum atomic E-state index is 13.1. The van der Waals surface area contributed by atoms with Crippen LogP contribution in [-0.2, 0) is 17.9 Å². The Morgan fingerprint density at radius 1 is 1.00 bits per heavy atom. The van der Waals surface area contributed by atoms with Crippen LogP contribution in [0.5, 0.6) is 0 Å². The van der Waals surface area contributed by atoms with Crippen molar-refractivity contribution in [3.63, 3.8) is 0 Å². The summed E-state index contributed by atoms with van der Waals surface area (Å²) in [6.45, 7) is 0.591. The summed E-state index contributed by atoms with van der Waals surface area (Å²) in [6, 6.07) is 22.7. The molecule has 0 saturated heterocycles. The van der Waals surface area contributed by atoms with E-state index in [1.54, 1.807) is 40.4 Å². The average Bonchev–Trinajstić information content (AvgIpc) is 3.28. The number of nitrogens with one attached hydrogen (secondary N) is 1. The molecule has 0 aliphatic heterocycles. The Bertz CT molecular complexity index is 1470. The van der Waals surface area contributed by atoms with Crippen molar-refractivity contribution in [2.75, 3.05) is 5.32 Å². The van der Waals surface area contributed by atoms with E-state index < -0.39 is 6.09 Å². The van der Waals surface area contributed by atoms with Gasteiger partial charge in [-0.1, -0.05) is 36.4 Å². The van der Waals surface area contributed by atoms with E-state index in [4.69, 9.17) is 4.74 Å². The van der Waals surface area contributed by atoms with Crippen LogP contribution in [0.2, 0.25) is 0 Å². The summed E-state index contributed by atoms with van der Waals surface area (Å²) in [5.74, 6) is 0. The van der Waals surface area contributed by atoms with Crippen molar-refractivity contribution >= 4 is 44.1 Å². The van der Waals surface area contributed by atoms with Crippen LogP contribution in [0.15, 0.2) is 89.3 Å². The fourth-order valence-corrected chi connectivity index (χ4v) is 4.31. The molecule has 2 aromatic heterocycles. The number of benzene rings is 3. The number of hydrogen-bond donors (Lipinski definition) is 1. The van der Waals surface area contributed by atoms with Crippen LogP contribution >= 0.6 is 11.3 Å². The highest BCUT2D eigenvalue weighted by Gasteiger charge is 2.09. The van der Waals surface area contributed by atoms with Crippen LogP contribution in [0, 0.1) is 0 Å². The number of nitrogens with zero attached hydrogens (tertiary/aromatic N) is 2. The van der Waals surface area contributed by atoms with Crippen molar-refractivity contribution in [3.05, 3.63) is 106 Å². The molecule has 5 rings (SSSR count). The Hall–Kier alpha value is -3.97. The van der Waals surface area contributed by atoms with Gasteiger partial charge in [-0.25, -0.2) is 9.78 Å². The molecule has 0 atom stereocenters. The molecular weight excluding hydrogens is 422 g/mol. The van der Waals surface area contributed by atoms with Crippen LogP contribution < -0.4 is 10.9 Å². The van der Waals surface area contributed by atoms with Crippen molar-refractivity contribution in [2.45, 2.75) is 13.2 Å². The maximum Gasteiger partial charge on any atom is 0.411 e. The van der Waals surface area contributed by atoms with Crippen LogP contribution in [0.3, 0.4) is 0 Å². The summed E-state index contributed by atoms with van der Waals surface area (Å²) in [5.41, 5.74) is 2.81. The number of carbonyl (C=O) groups excluding carboxylic acids is 1. The van der Waals surface area contributed by atoms with Crippen LogP contribution in [-0.4, -0.2) is 15.6 Å². The molecule has 1 amide bonds. The Morgan fingerprint density at radius 2 is 1.88 bits per heavy atom. The molecule has 0 unspecified atom stereocenters. The normalized spacial score (nSPS) is 11.0. The number of carbonyl (C=O) groups is 1. The van der Waals surface area contributed by atoms with Gasteiger partial charge in [-0.15, -0.1) is 11.3 Å². The first kappa shape index (κ1) is 20.0. The van der Waals surface area contributed by atoms with Gasteiger partial charge in [0.1, 0.15) is 6.61 Å². The van der Waals surface area contributed by atoms with Crippen LogP contribution in [0.4, 0.5) is 10.5 Å². The second kappa shape index (κ2) is 8.64. The highest BCUT2D eigenvalue weighted by atomic mass is 32.1. The van der Waals surface area contributed by atoms with E-state index in [1.165, 1.54) is 4.70 Å². The molecule has 32 heavy (non-hydrogen) atoms. The van der Waals surface area contributed by atoms with Gasteiger partial charge in [0.2, 0.25) is 0 Å². The van der Waals surface area contributed by atoms with E-state index in [1.807, 2.05) is 36.4 Å². The summed E-state index contributed by atoms with van der Waals surface area (Å²) < 4.78 is 8.05. The van der Waals surface area contributed by atoms with E-state index >= 15 is 0 Å². The zero-order chi connectivity index (χ0) is 21.9. The quantitative estimate of drug-likeness (QED) is 0.396. The van der Waals surface area contributed by atoms with Gasteiger partial charge in [0.25, 0.3) is 5.56 Å². The van der Waals surface area contributed by atoms with Gasteiger partial charge in [0, 0.05) is 10.4 Å². The molecule has 5 aromatic rings. The second-order valence-electron chi connectivity index (χ2n) is 7.39. The van der Waals surface area contributed by atoms with E-state index in [0.29, 0.717) is 23.1 Å². The predicted octanol–water partition coefficient (Wildman–Crippen LogP) is 5.41. The van der Waals surface area contributed by atoms with Gasteiger partial charge < -0.3 is 4.74 Å². The van der Waals surface area contributed by atoms with E-state index in [0.717, 1.165) is 16.5 Å². The van der Waals surface area contributed by atoms with Crippen molar-refractivity contribution in [1.82, 2.24) is 9.55 Å². The summed E-state index contributed by atoms with van der Waals surface area (Å²) in [7, 11) is 0. The third-order valence-electron chi connectivity index (χ3n) is 5.15. The maximum absolute atomic E-state index is 13.1. The van der Waals surface area contributed by atoms with Crippen LogP contribution in [0.1, 0.15) is 11.1 Å². The van der Waals surface area contributed by atoms with Gasteiger partial charge in [-0.2, -0.15) is 0 Å². The Balaban J connectivity index is 1.35. The second-order valence-corrected chi connectivity index (χ2v) is 8.34. The molecule has 6 nitrogen and oxygen atoms in total. The monoisotopic (exact) mass is 441 g/mol. The minimum absolute atomic E-state index is 0.165. The lowest BCUT2D eigenvalue weighted by Crippen LogP contribution is -2.21. The first-order chi connectivity index (χ1) is 15.7. The number of ether oxygens (including phenoxy) is 1. The van der Waals surface area contributed by atoms with Gasteiger partial charge in [0.15, 0.2) is 0 Å². The smallest absolute Gasteiger partial charge is 0.411 e. The molecule has 2 heterocycles. The minimum Gasteiger partial charge on any atom is -0.444 e. The zero-order valence-electron chi connectivity index (χ0n) is 17.0. The van der Waals surface area contributed by atoms with Crippen LogP contribution in [0.25, 0.3) is 21.0 Å². The number of rotatable bonds is 5. The number of amides is 1. The number of thiophene rings is 1. The Labute approximate surface area is 187 Å². The van der Waals surface area contributed by atoms with Crippen molar-refractivity contribution in [2.24, 2.45) is 0 Å². The molecule has 3 aromatic carbocycles. The van der Waals surface area contributed by atoms with Crippen molar-refractivity contribution < 1.29 is 9.53 Å². The molecule has 7 heteroatoms. The number of hydrogen-bond acceptors (Lipinski definition) is 5. The molecule has 1 N–H and O–H groups in total. The van der Waals surface area contributed by atoms with E-state index in [2.05, 4.69) is 33.9 Å². The molecule has 158 valence electrons. The van der Waals surface area contributed by atoms with Crippen molar-refractivity contribution in [1.29, 1.82) is 0 Å². The zero-order valence-corrected chi connectivity index (χ0v) is 17.8. The lowest BCUT2D eigenvalue weighted by molar-refractivity contribution is 0.155. The van der Waals surface area contributed by atoms with Gasteiger partial charge in [0.05, 0.1) is 23.8 Å². The highest BCUT2D eigenvalue weighted by Crippen LogP contribution is 2.22. The largest absolute Gasteiger partial charge is 0.444 e. The average molecular weight is 442 g/mol. The molecule has 0 bridgehead atoms. The SMILES string of the molecule is O=C(Nc1ccc2ncn(Cc3ccc4sccc4c3)c(=O)c2c1)OCc1ccccc1. The third kappa shape index (κ3) is 4.24. The standard InChI is InChI=1S/C25H19N3O3S/c29-24-21-13-20(27-25(30)31-15-17-4-2-1-3-5-17)7-8-22(21)26-16-28(24)14-18-6-9-23-19(12-18)10-11-32-23/h1-13,16H,14-15H2,(H,27,30). The fourth-order valence-electron chi connectivity index (χ4n) is 3.54. The first-order valence-corrected chi connectivity index (χ1v) is 11.0. The Kier molecular flexibility index (Phi) is 5.39. The summed E-state index contributed by atoms with van der Waals surface area (Å²) in [6.07, 6.45) is 0.977. The molecule has 0 radical (unpaired) electrons. The number of fused-ring (bicyclic) bond motifs is 2. The summed E-state index contributed by atoms with van der Waals surface area (Å²) in [4.78, 5) is 29.7. The van der Waals surface area contributed by atoms with Crippen molar-refractivity contribution in [3.8, 4) is 0 Å². The summed E-state index contributed by atoms with van der Waals surface area (Å²) >= 11 is 1.69. The molecule has 0 aliphatic rings. The molecule has 0 fully saturated rings. The molecule has 0 saturated carbocycles. The van der Waals surface area contributed by atoms with Gasteiger partial charge in [-0.05, 0) is 58.3 Å². The fraction of sp³-hybridized carbons (Fsp3) is 0.0800. The predicted molar refractivity (Wildman–Crippen MR) is 127 cm³/mol. The van der Waals surface area contributed by atoms with E-state index in [-0.39, 0.29) is 12.2 Å². The van der Waals surface area contributed by atoms with Gasteiger partial charge in [-0.3, -0.25) is 14.7 Å². The Morgan fingerprint density at radius 3 is 2.75 bits per heavy atom. The van der Waals surface area contributed by atoms with E-state index in [9.17, 15) is 9.59 Å². The highest BCUT2D eigenvalue weighted by molar-refractivity contribution is 7.17. The molecule has 0 spiro atoms. The number of anilines is 1. The molecular formula is C25H19N3O3S. The lowest BCUT2D eigenvalue weighted by atomic mass is 10.1. The molecule has 0 aliphatic carbocycles. The lowest BCUT2D eigenvalue weighted by Gasteiger charge is -2.10. The minimum atomic E-state index is -0.582. The first-order valence-electron chi connectivity index (χ1n) is 10.1. The number of aromatic nitrogens is 2. The van der Waals surface area contributed by atoms with Gasteiger partial charge >= 0.3 is 6.09 Å². The topological polar surface area (TPSA) is 73.2 Å². The summed E-state index contributed by atoms with van der Waals surface area (Å²) in [5, 5.41) is 6.33. The third-order valence-corrected chi connectivity index (χ3v) is 6.05.